The van der Waals surface area contributed by atoms with E-state index in [1.807, 2.05) is 0 Å². The quantitative estimate of drug-likeness (QED) is 0.689. The molecule has 0 aliphatic carbocycles. The maximum atomic E-state index is 11.8. The highest BCUT2D eigenvalue weighted by atomic mass is 35.5. The van der Waals surface area contributed by atoms with Gasteiger partial charge in [-0.1, -0.05) is 35.0 Å². The van der Waals surface area contributed by atoms with Gasteiger partial charge in [-0.2, -0.15) is 0 Å². The van der Waals surface area contributed by atoms with Gasteiger partial charge in [0, 0.05) is 18.0 Å². The number of aromatic amines is 1. The van der Waals surface area contributed by atoms with Gasteiger partial charge in [-0.05, 0) is 18.2 Å². The van der Waals surface area contributed by atoms with E-state index in [4.69, 9.17) is 23.2 Å². The zero-order chi connectivity index (χ0) is 12.3. The molecule has 0 radical (unpaired) electrons. The summed E-state index contributed by atoms with van der Waals surface area (Å²) < 4.78 is 0. The van der Waals surface area contributed by atoms with Gasteiger partial charge < -0.3 is 4.98 Å². The Morgan fingerprint density at radius 1 is 1.35 bits per heavy atom. The molecule has 1 aromatic carbocycles. The van der Waals surface area contributed by atoms with Crippen LogP contribution in [0, 0.1) is 0 Å². The fourth-order valence-electron chi connectivity index (χ4n) is 1.22. The Kier molecular flexibility index (Phi) is 4.10. The van der Waals surface area contributed by atoms with Crippen molar-refractivity contribution in [3.05, 3.63) is 46.2 Å². The lowest BCUT2D eigenvalue weighted by Gasteiger charge is -2.01. The number of thioether (sulfide) groups is 1. The largest absolute Gasteiger partial charge is 0.340 e. The second-order valence-corrected chi connectivity index (χ2v) is 5.01. The SMILES string of the molecule is O=C(CSc1ncc[nH]1)c1ccc(Cl)c(Cl)c1. The van der Waals surface area contributed by atoms with Crippen LogP contribution in [0.2, 0.25) is 10.0 Å². The molecule has 6 heteroatoms. The Morgan fingerprint density at radius 2 is 2.18 bits per heavy atom. The number of hydrogen-bond acceptors (Lipinski definition) is 3. The number of rotatable bonds is 4. The second kappa shape index (κ2) is 5.58. The van der Waals surface area contributed by atoms with Gasteiger partial charge in [-0.3, -0.25) is 4.79 Å². The predicted octanol–water partition coefficient (Wildman–Crippen LogP) is 3.69. The van der Waals surface area contributed by atoms with Crippen LogP contribution < -0.4 is 0 Å². The molecule has 0 saturated carbocycles. The van der Waals surface area contributed by atoms with Crippen LogP contribution in [0.1, 0.15) is 10.4 Å². The Bertz CT molecular complexity index is 528. The van der Waals surface area contributed by atoms with Gasteiger partial charge in [0.15, 0.2) is 10.9 Å². The van der Waals surface area contributed by atoms with Crippen LogP contribution in [0.25, 0.3) is 0 Å². The molecule has 0 bridgehead atoms. The number of ketones is 1. The van der Waals surface area contributed by atoms with E-state index in [9.17, 15) is 4.79 Å². The summed E-state index contributed by atoms with van der Waals surface area (Å²) in [5, 5.41) is 1.56. The lowest BCUT2D eigenvalue weighted by molar-refractivity contribution is 0.102. The number of benzene rings is 1. The minimum Gasteiger partial charge on any atom is -0.340 e. The highest BCUT2D eigenvalue weighted by molar-refractivity contribution is 7.99. The molecule has 1 N–H and O–H groups in total. The van der Waals surface area contributed by atoms with E-state index in [0.717, 1.165) is 5.16 Å². The van der Waals surface area contributed by atoms with Gasteiger partial charge in [-0.15, -0.1) is 0 Å². The van der Waals surface area contributed by atoms with Crippen LogP contribution in [0.5, 0.6) is 0 Å². The Labute approximate surface area is 113 Å². The van der Waals surface area contributed by atoms with Crippen molar-refractivity contribution in [3.8, 4) is 0 Å². The zero-order valence-corrected chi connectivity index (χ0v) is 10.9. The number of carbonyl (C=O) groups excluding carboxylic acids is 1. The number of nitrogens with zero attached hydrogens (tertiary/aromatic N) is 1. The van der Waals surface area contributed by atoms with E-state index in [2.05, 4.69) is 9.97 Å². The molecular weight excluding hydrogens is 279 g/mol. The van der Waals surface area contributed by atoms with Crippen LogP contribution in [0.3, 0.4) is 0 Å². The van der Waals surface area contributed by atoms with E-state index in [1.54, 1.807) is 30.6 Å². The average Bonchev–Trinajstić information content (AvgIpc) is 2.82. The first-order chi connectivity index (χ1) is 8.16. The molecular formula is C11H8Cl2N2OS. The predicted molar refractivity (Wildman–Crippen MR) is 70.1 cm³/mol. The van der Waals surface area contributed by atoms with E-state index in [0.29, 0.717) is 21.4 Å². The summed E-state index contributed by atoms with van der Waals surface area (Å²) in [6, 6.07) is 4.86. The van der Waals surface area contributed by atoms with Crippen LogP contribution in [-0.2, 0) is 0 Å². The summed E-state index contributed by atoms with van der Waals surface area (Å²) in [5.74, 6) is 0.302. The number of H-pyrrole nitrogens is 1. The molecule has 17 heavy (non-hydrogen) atoms. The minimum atomic E-state index is -0.00929. The number of halogens is 2. The molecule has 88 valence electrons. The maximum Gasteiger partial charge on any atom is 0.173 e. The third-order valence-corrected chi connectivity index (χ3v) is 3.70. The van der Waals surface area contributed by atoms with Crippen molar-refractivity contribution in [3.63, 3.8) is 0 Å². The van der Waals surface area contributed by atoms with Crippen LogP contribution in [0.15, 0.2) is 35.7 Å². The fourth-order valence-corrected chi connectivity index (χ4v) is 2.24. The van der Waals surface area contributed by atoms with Gasteiger partial charge in [0.25, 0.3) is 0 Å². The molecule has 0 spiro atoms. The molecule has 1 aromatic heterocycles. The highest BCUT2D eigenvalue weighted by Gasteiger charge is 2.09. The van der Waals surface area contributed by atoms with Gasteiger partial charge in [0.2, 0.25) is 0 Å². The number of imidazole rings is 1. The van der Waals surface area contributed by atoms with Gasteiger partial charge in [0.05, 0.1) is 15.8 Å². The summed E-state index contributed by atoms with van der Waals surface area (Å²) in [6.07, 6.45) is 3.36. The molecule has 0 unspecified atom stereocenters. The van der Waals surface area contributed by atoms with E-state index >= 15 is 0 Å². The molecule has 0 amide bonds. The van der Waals surface area contributed by atoms with Gasteiger partial charge in [0.1, 0.15) is 0 Å². The molecule has 3 nitrogen and oxygen atoms in total. The lowest BCUT2D eigenvalue weighted by atomic mass is 10.1. The topological polar surface area (TPSA) is 45.8 Å². The Morgan fingerprint density at radius 3 is 2.82 bits per heavy atom. The first kappa shape index (κ1) is 12.5. The number of hydrogen-bond donors (Lipinski definition) is 1. The monoisotopic (exact) mass is 286 g/mol. The van der Waals surface area contributed by atoms with Gasteiger partial charge in [-0.25, -0.2) is 4.98 Å². The summed E-state index contributed by atoms with van der Waals surface area (Å²) in [7, 11) is 0. The third kappa shape index (κ3) is 3.25. The summed E-state index contributed by atoms with van der Waals surface area (Å²) in [4.78, 5) is 18.8. The van der Waals surface area contributed by atoms with Crippen molar-refractivity contribution in [1.82, 2.24) is 9.97 Å². The molecule has 0 aliphatic heterocycles. The third-order valence-electron chi connectivity index (χ3n) is 2.05. The number of nitrogens with one attached hydrogen (secondary N) is 1. The normalized spacial score (nSPS) is 10.5. The van der Waals surface area contributed by atoms with Crippen molar-refractivity contribution in [2.45, 2.75) is 5.16 Å². The van der Waals surface area contributed by atoms with Crippen molar-refractivity contribution in [2.24, 2.45) is 0 Å². The average molecular weight is 287 g/mol. The van der Waals surface area contributed by atoms with E-state index < -0.39 is 0 Å². The number of aromatic nitrogens is 2. The van der Waals surface area contributed by atoms with Crippen molar-refractivity contribution >= 4 is 40.7 Å². The Hall–Kier alpha value is -0.970. The molecule has 1 heterocycles. The standard InChI is InChI=1S/C11H8Cl2N2OS/c12-8-2-1-7(5-9(8)13)10(16)6-17-11-14-3-4-15-11/h1-5H,6H2,(H,14,15). The molecule has 0 saturated heterocycles. The summed E-state index contributed by atoms with van der Waals surface area (Å²) >= 11 is 13.0. The summed E-state index contributed by atoms with van der Waals surface area (Å²) in [5.41, 5.74) is 0.554. The maximum absolute atomic E-state index is 11.8. The molecule has 0 aliphatic rings. The minimum absolute atomic E-state index is 0.00929. The number of Topliss-reactive ketones (excluding diaryl/α,β-unsaturated/α-hetero) is 1. The smallest absolute Gasteiger partial charge is 0.173 e. The molecule has 0 fully saturated rings. The van der Waals surface area contributed by atoms with E-state index in [-0.39, 0.29) is 5.78 Å². The van der Waals surface area contributed by atoms with Crippen LogP contribution in [0.4, 0.5) is 0 Å². The first-order valence-electron chi connectivity index (χ1n) is 4.77. The van der Waals surface area contributed by atoms with Crippen molar-refractivity contribution in [1.29, 1.82) is 0 Å². The van der Waals surface area contributed by atoms with Crippen LogP contribution in [-0.4, -0.2) is 21.5 Å². The van der Waals surface area contributed by atoms with E-state index in [1.165, 1.54) is 11.8 Å². The van der Waals surface area contributed by atoms with Crippen LogP contribution >= 0.6 is 35.0 Å². The number of carbonyl (C=O) groups is 1. The zero-order valence-electron chi connectivity index (χ0n) is 8.61. The first-order valence-corrected chi connectivity index (χ1v) is 6.51. The summed E-state index contributed by atoms with van der Waals surface area (Å²) in [6.45, 7) is 0. The lowest BCUT2D eigenvalue weighted by Crippen LogP contribution is -2.02. The van der Waals surface area contributed by atoms with Crippen molar-refractivity contribution in [2.75, 3.05) is 5.75 Å². The van der Waals surface area contributed by atoms with Gasteiger partial charge >= 0.3 is 0 Å². The fraction of sp³-hybridized carbons (Fsp3) is 0.0909. The molecule has 2 rings (SSSR count). The second-order valence-electron chi connectivity index (χ2n) is 3.24. The molecule has 0 atom stereocenters. The molecule has 2 aromatic rings. The Balaban J connectivity index is 2.02. The highest BCUT2D eigenvalue weighted by Crippen LogP contribution is 2.23. The van der Waals surface area contributed by atoms with Crippen molar-refractivity contribution < 1.29 is 4.79 Å².